The smallest absolute Gasteiger partial charge is 0.223 e. The molecule has 3 rings (SSSR count). The average Bonchev–Trinajstić information content (AvgIpc) is 2.73. The third-order valence-electron chi connectivity index (χ3n) is 5.28. The summed E-state index contributed by atoms with van der Waals surface area (Å²) in [5, 5.41) is 3.08. The number of piperidine rings is 1. The second-order valence-electron chi connectivity index (χ2n) is 7.12. The van der Waals surface area contributed by atoms with Gasteiger partial charge in [-0.1, -0.05) is 24.3 Å². The largest absolute Gasteiger partial charge is 0.497 e. The van der Waals surface area contributed by atoms with E-state index in [1.165, 1.54) is 10.5 Å². The Balaban J connectivity index is 1.43. The highest BCUT2D eigenvalue weighted by molar-refractivity contribution is 5.78. The Hall–Kier alpha value is -2.53. The molecule has 1 heterocycles. The minimum Gasteiger partial charge on any atom is -0.497 e. The molecule has 1 aliphatic rings. The van der Waals surface area contributed by atoms with E-state index in [-0.39, 0.29) is 11.8 Å². The van der Waals surface area contributed by atoms with E-state index in [1.54, 1.807) is 14.2 Å². The zero-order chi connectivity index (χ0) is 19.1. The standard InChI is InChI=1S/C22H28N2O3/c1-26-20-8-6-17(7-9-20)15-23-22(25)19-10-12-24(13-11-19)16-18-4-3-5-21(14-18)27-2/h3-9,14,19H,10-13,15-16H2,1-2H3,(H,23,25)/p+1. The second kappa shape index (κ2) is 9.42. The average molecular weight is 369 g/mol. The predicted molar refractivity (Wildman–Crippen MR) is 105 cm³/mol. The zero-order valence-electron chi connectivity index (χ0n) is 16.2. The number of methoxy groups -OCH3 is 2. The Morgan fingerprint density at radius 1 is 1.00 bits per heavy atom. The molecule has 2 N–H and O–H groups in total. The van der Waals surface area contributed by atoms with Crippen molar-refractivity contribution in [2.45, 2.75) is 25.9 Å². The van der Waals surface area contributed by atoms with Crippen molar-refractivity contribution in [1.29, 1.82) is 0 Å². The molecule has 0 saturated carbocycles. The number of likely N-dealkylation sites (tertiary alicyclic amines) is 1. The van der Waals surface area contributed by atoms with Crippen LogP contribution in [0.25, 0.3) is 0 Å². The molecule has 5 nitrogen and oxygen atoms in total. The number of hydrogen-bond donors (Lipinski definition) is 2. The van der Waals surface area contributed by atoms with Crippen LogP contribution in [-0.4, -0.2) is 33.2 Å². The number of benzene rings is 2. The maximum atomic E-state index is 12.5. The molecule has 0 aromatic heterocycles. The molecule has 0 aliphatic carbocycles. The molecule has 1 saturated heterocycles. The van der Waals surface area contributed by atoms with Gasteiger partial charge >= 0.3 is 0 Å². The summed E-state index contributed by atoms with van der Waals surface area (Å²) in [5.41, 5.74) is 2.37. The van der Waals surface area contributed by atoms with Crippen molar-refractivity contribution in [2.75, 3.05) is 27.3 Å². The number of amides is 1. The van der Waals surface area contributed by atoms with Crippen molar-refractivity contribution in [3.63, 3.8) is 0 Å². The molecule has 1 aliphatic heterocycles. The maximum absolute atomic E-state index is 12.5. The van der Waals surface area contributed by atoms with E-state index in [4.69, 9.17) is 9.47 Å². The summed E-state index contributed by atoms with van der Waals surface area (Å²) >= 11 is 0. The van der Waals surface area contributed by atoms with Crippen LogP contribution in [0.1, 0.15) is 24.0 Å². The Kier molecular flexibility index (Phi) is 6.71. The monoisotopic (exact) mass is 369 g/mol. The van der Waals surface area contributed by atoms with E-state index in [1.807, 2.05) is 36.4 Å². The van der Waals surface area contributed by atoms with Gasteiger partial charge in [-0.2, -0.15) is 0 Å². The first-order valence-electron chi connectivity index (χ1n) is 9.55. The summed E-state index contributed by atoms with van der Waals surface area (Å²) in [6.45, 7) is 3.60. The molecule has 5 heteroatoms. The van der Waals surface area contributed by atoms with E-state index >= 15 is 0 Å². The first-order chi connectivity index (χ1) is 13.2. The van der Waals surface area contributed by atoms with Crippen LogP contribution in [-0.2, 0) is 17.9 Å². The molecule has 0 unspecified atom stereocenters. The quantitative estimate of drug-likeness (QED) is 0.783. The lowest BCUT2D eigenvalue weighted by molar-refractivity contribution is -0.919. The van der Waals surface area contributed by atoms with Gasteiger partial charge in [0, 0.05) is 30.9 Å². The molecule has 1 amide bonds. The van der Waals surface area contributed by atoms with Gasteiger partial charge in [0.1, 0.15) is 18.0 Å². The van der Waals surface area contributed by atoms with E-state index < -0.39 is 0 Å². The Labute approximate surface area is 161 Å². The summed E-state index contributed by atoms with van der Waals surface area (Å²) in [7, 11) is 3.35. The van der Waals surface area contributed by atoms with Crippen LogP contribution in [0.5, 0.6) is 11.5 Å². The van der Waals surface area contributed by atoms with E-state index in [0.29, 0.717) is 6.54 Å². The summed E-state index contributed by atoms with van der Waals surface area (Å²) in [6.07, 6.45) is 1.88. The topological polar surface area (TPSA) is 52.0 Å². The van der Waals surface area contributed by atoms with E-state index in [9.17, 15) is 4.79 Å². The normalized spacial score (nSPS) is 19.3. The lowest BCUT2D eigenvalue weighted by Gasteiger charge is -2.28. The molecular weight excluding hydrogens is 340 g/mol. The Morgan fingerprint density at radius 2 is 1.70 bits per heavy atom. The number of quaternary nitrogens is 1. The van der Waals surface area contributed by atoms with Crippen LogP contribution in [0.15, 0.2) is 48.5 Å². The van der Waals surface area contributed by atoms with Gasteiger partial charge in [0.05, 0.1) is 27.3 Å². The van der Waals surface area contributed by atoms with Crippen molar-refractivity contribution in [3.05, 3.63) is 59.7 Å². The van der Waals surface area contributed by atoms with Gasteiger partial charge < -0.3 is 19.7 Å². The highest BCUT2D eigenvalue weighted by Gasteiger charge is 2.27. The summed E-state index contributed by atoms with van der Waals surface area (Å²) in [5.74, 6) is 2.03. The van der Waals surface area contributed by atoms with Crippen LogP contribution in [0.3, 0.4) is 0 Å². The molecule has 0 bridgehead atoms. The van der Waals surface area contributed by atoms with Crippen molar-refractivity contribution in [2.24, 2.45) is 5.92 Å². The highest BCUT2D eigenvalue weighted by Crippen LogP contribution is 2.14. The molecule has 0 radical (unpaired) electrons. The Morgan fingerprint density at radius 3 is 2.37 bits per heavy atom. The number of nitrogens with one attached hydrogen (secondary N) is 2. The van der Waals surface area contributed by atoms with Crippen molar-refractivity contribution in [1.82, 2.24) is 5.32 Å². The summed E-state index contributed by atoms with van der Waals surface area (Å²) < 4.78 is 10.5. The van der Waals surface area contributed by atoms with Gasteiger partial charge in [0.15, 0.2) is 0 Å². The molecule has 144 valence electrons. The molecule has 1 fully saturated rings. The van der Waals surface area contributed by atoms with Gasteiger partial charge in [-0.15, -0.1) is 0 Å². The molecule has 2 aromatic carbocycles. The predicted octanol–water partition coefficient (Wildman–Crippen LogP) is 1.82. The maximum Gasteiger partial charge on any atom is 0.223 e. The number of carbonyl (C=O) groups is 1. The van der Waals surface area contributed by atoms with Crippen LogP contribution >= 0.6 is 0 Å². The zero-order valence-corrected chi connectivity index (χ0v) is 16.2. The third-order valence-corrected chi connectivity index (χ3v) is 5.28. The number of ether oxygens (including phenoxy) is 2. The van der Waals surface area contributed by atoms with Gasteiger partial charge in [-0.05, 0) is 29.8 Å². The van der Waals surface area contributed by atoms with Crippen LogP contribution in [0, 0.1) is 5.92 Å². The molecule has 0 spiro atoms. The number of hydrogen-bond acceptors (Lipinski definition) is 3. The minimum absolute atomic E-state index is 0.123. The number of rotatable bonds is 7. The lowest BCUT2D eigenvalue weighted by atomic mass is 9.95. The van der Waals surface area contributed by atoms with Gasteiger partial charge in [0.2, 0.25) is 5.91 Å². The lowest BCUT2D eigenvalue weighted by Crippen LogP contribution is -3.11. The number of carbonyl (C=O) groups excluding carboxylic acids is 1. The van der Waals surface area contributed by atoms with Crippen LogP contribution < -0.4 is 19.7 Å². The minimum atomic E-state index is 0.123. The van der Waals surface area contributed by atoms with Gasteiger partial charge in [-0.25, -0.2) is 0 Å². The fourth-order valence-electron chi connectivity index (χ4n) is 3.61. The summed E-state index contributed by atoms with van der Waals surface area (Å²) in [4.78, 5) is 14.0. The highest BCUT2D eigenvalue weighted by atomic mass is 16.5. The van der Waals surface area contributed by atoms with Crippen molar-refractivity contribution >= 4 is 5.91 Å². The van der Waals surface area contributed by atoms with Gasteiger partial charge in [0.25, 0.3) is 0 Å². The van der Waals surface area contributed by atoms with Crippen molar-refractivity contribution in [3.8, 4) is 11.5 Å². The SMILES string of the molecule is COc1ccc(CNC(=O)C2CC[NH+](Cc3cccc(OC)c3)CC2)cc1. The molecule has 27 heavy (non-hydrogen) atoms. The fourth-order valence-corrected chi connectivity index (χ4v) is 3.61. The first kappa shape index (κ1) is 19.2. The van der Waals surface area contributed by atoms with Gasteiger partial charge in [-0.3, -0.25) is 4.79 Å². The molecular formula is C22H29N2O3+. The van der Waals surface area contributed by atoms with Crippen LogP contribution in [0.4, 0.5) is 0 Å². The fraction of sp³-hybridized carbons (Fsp3) is 0.409. The van der Waals surface area contributed by atoms with E-state index in [2.05, 4.69) is 17.4 Å². The van der Waals surface area contributed by atoms with Crippen molar-refractivity contribution < 1.29 is 19.2 Å². The Bertz CT molecular complexity index is 737. The first-order valence-corrected chi connectivity index (χ1v) is 9.55. The third kappa shape index (κ3) is 5.47. The molecule has 2 aromatic rings. The summed E-state index contributed by atoms with van der Waals surface area (Å²) in [6, 6.07) is 16.1. The molecule has 0 atom stereocenters. The van der Waals surface area contributed by atoms with E-state index in [0.717, 1.165) is 49.5 Å². The van der Waals surface area contributed by atoms with Crippen LogP contribution in [0.2, 0.25) is 0 Å². The second-order valence-corrected chi connectivity index (χ2v) is 7.12.